The van der Waals surface area contributed by atoms with Crippen LogP contribution in [0.3, 0.4) is 0 Å². The van der Waals surface area contributed by atoms with Crippen molar-refractivity contribution in [3.8, 4) is 0 Å². The van der Waals surface area contributed by atoms with Crippen LogP contribution >= 0.6 is 12.2 Å². The molecule has 0 spiro atoms. The molecule has 1 aromatic carbocycles. The highest BCUT2D eigenvalue weighted by molar-refractivity contribution is 7.80. The zero-order valence-corrected chi connectivity index (χ0v) is 9.03. The minimum atomic E-state index is 0.624. The van der Waals surface area contributed by atoms with E-state index in [9.17, 15) is 0 Å². The van der Waals surface area contributed by atoms with Crippen molar-refractivity contribution in [3.63, 3.8) is 0 Å². The van der Waals surface area contributed by atoms with Crippen molar-refractivity contribution >= 4 is 23.0 Å². The van der Waals surface area contributed by atoms with Crippen molar-refractivity contribution in [2.24, 2.45) is 0 Å². The third-order valence-corrected chi connectivity index (χ3v) is 2.05. The lowest BCUT2D eigenvalue weighted by molar-refractivity contribution is 1.06. The van der Waals surface area contributed by atoms with Crippen LogP contribution in [0.1, 0.15) is 5.56 Å². The number of hydrogen-bond donors (Lipinski definition) is 2. The van der Waals surface area contributed by atoms with Gasteiger partial charge in [0.1, 0.15) is 0 Å². The third-order valence-electron chi connectivity index (χ3n) is 1.80. The van der Waals surface area contributed by atoms with E-state index in [1.165, 1.54) is 5.56 Å². The summed E-state index contributed by atoms with van der Waals surface area (Å²) < 4.78 is 0. The fourth-order valence-electron chi connectivity index (χ4n) is 1.04. The molecule has 0 aromatic heterocycles. The van der Waals surface area contributed by atoms with Crippen molar-refractivity contribution in [1.29, 1.82) is 0 Å². The summed E-state index contributed by atoms with van der Waals surface area (Å²) in [5, 5.41) is 6.75. The van der Waals surface area contributed by atoms with E-state index in [1.54, 1.807) is 6.08 Å². The van der Waals surface area contributed by atoms with Crippen molar-refractivity contribution < 1.29 is 0 Å². The fraction of sp³-hybridized carbons (Fsp3) is 0.182. The van der Waals surface area contributed by atoms with Crippen molar-refractivity contribution in [2.75, 3.05) is 11.9 Å². The van der Waals surface area contributed by atoms with E-state index in [0.717, 1.165) is 5.69 Å². The third kappa shape index (κ3) is 3.18. The highest BCUT2D eigenvalue weighted by Crippen LogP contribution is 2.12. The Kier molecular flexibility index (Phi) is 4.13. The van der Waals surface area contributed by atoms with Gasteiger partial charge in [-0.05, 0) is 30.8 Å². The minimum absolute atomic E-state index is 0.624. The molecule has 2 nitrogen and oxygen atoms in total. The van der Waals surface area contributed by atoms with Crippen LogP contribution in [0.25, 0.3) is 0 Å². The first-order chi connectivity index (χ1) is 6.74. The average Bonchev–Trinajstić information content (AvgIpc) is 2.18. The molecule has 0 fully saturated rings. The normalized spacial score (nSPS) is 9.21. The molecule has 0 aliphatic rings. The van der Waals surface area contributed by atoms with Crippen molar-refractivity contribution in [2.45, 2.75) is 6.92 Å². The van der Waals surface area contributed by atoms with Crippen LogP contribution in [0, 0.1) is 6.92 Å². The summed E-state index contributed by atoms with van der Waals surface area (Å²) in [6, 6.07) is 8.02. The van der Waals surface area contributed by atoms with Gasteiger partial charge in [0.05, 0.1) is 0 Å². The zero-order valence-electron chi connectivity index (χ0n) is 8.21. The number of aryl methyl sites for hydroxylation is 1. The molecule has 0 radical (unpaired) electrons. The largest absolute Gasteiger partial charge is 0.359 e. The fourth-order valence-corrected chi connectivity index (χ4v) is 1.24. The summed E-state index contributed by atoms with van der Waals surface area (Å²) in [5.41, 5.74) is 2.21. The van der Waals surface area contributed by atoms with E-state index >= 15 is 0 Å². The molecule has 74 valence electrons. The Hall–Kier alpha value is -1.35. The molecule has 0 amide bonds. The predicted octanol–water partition coefficient (Wildman–Crippen LogP) is 2.47. The van der Waals surface area contributed by atoms with Gasteiger partial charge < -0.3 is 10.6 Å². The van der Waals surface area contributed by atoms with Gasteiger partial charge >= 0.3 is 0 Å². The lowest BCUT2D eigenvalue weighted by Gasteiger charge is -2.10. The van der Waals surface area contributed by atoms with Crippen LogP contribution in [0.4, 0.5) is 5.69 Å². The number of anilines is 1. The number of rotatable bonds is 3. The van der Waals surface area contributed by atoms with Crippen LogP contribution in [-0.4, -0.2) is 11.7 Å². The van der Waals surface area contributed by atoms with Gasteiger partial charge in [-0.25, -0.2) is 0 Å². The Morgan fingerprint density at radius 2 is 2.21 bits per heavy atom. The second-order valence-corrected chi connectivity index (χ2v) is 3.35. The molecule has 0 atom stereocenters. The Morgan fingerprint density at radius 1 is 1.50 bits per heavy atom. The summed E-state index contributed by atoms with van der Waals surface area (Å²) in [5.74, 6) is 0. The molecule has 2 N–H and O–H groups in total. The Balaban J connectivity index is 2.56. The first kappa shape index (κ1) is 10.7. The van der Waals surface area contributed by atoms with Crippen LogP contribution in [0.2, 0.25) is 0 Å². The van der Waals surface area contributed by atoms with Gasteiger partial charge in [0, 0.05) is 12.2 Å². The van der Waals surface area contributed by atoms with Crippen molar-refractivity contribution in [3.05, 3.63) is 42.5 Å². The van der Waals surface area contributed by atoms with Crippen LogP contribution in [0.5, 0.6) is 0 Å². The first-order valence-corrected chi connectivity index (χ1v) is 4.86. The van der Waals surface area contributed by atoms with Crippen molar-refractivity contribution in [1.82, 2.24) is 5.32 Å². The van der Waals surface area contributed by atoms with E-state index in [1.807, 2.05) is 31.2 Å². The van der Waals surface area contributed by atoms with E-state index in [4.69, 9.17) is 12.2 Å². The molecule has 0 bridgehead atoms. The average molecular weight is 206 g/mol. The van der Waals surface area contributed by atoms with Gasteiger partial charge in [0.25, 0.3) is 0 Å². The molecule has 0 unspecified atom stereocenters. The maximum Gasteiger partial charge on any atom is 0.171 e. The standard InChI is InChI=1S/C11H14N2S/c1-3-8-12-11(14)13-10-7-5-4-6-9(10)2/h3-7H,1,8H2,2H3,(H2,12,13,14). The lowest BCUT2D eigenvalue weighted by atomic mass is 10.2. The highest BCUT2D eigenvalue weighted by atomic mass is 32.1. The number of para-hydroxylation sites is 1. The van der Waals surface area contributed by atoms with Gasteiger partial charge in [-0.3, -0.25) is 0 Å². The smallest absolute Gasteiger partial charge is 0.171 e. The number of hydrogen-bond acceptors (Lipinski definition) is 1. The summed E-state index contributed by atoms with van der Waals surface area (Å²) in [4.78, 5) is 0. The van der Waals surface area contributed by atoms with Gasteiger partial charge in [-0.1, -0.05) is 24.3 Å². The quantitative estimate of drug-likeness (QED) is 0.587. The van der Waals surface area contributed by atoms with Gasteiger partial charge in [-0.15, -0.1) is 6.58 Å². The number of benzene rings is 1. The maximum atomic E-state index is 5.09. The monoisotopic (exact) mass is 206 g/mol. The molecule has 3 heteroatoms. The SMILES string of the molecule is C=CCNC(=S)Nc1ccccc1C. The number of nitrogens with one attached hydrogen (secondary N) is 2. The maximum absolute atomic E-state index is 5.09. The zero-order chi connectivity index (χ0) is 10.4. The van der Waals surface area contributed by atoms with E-state index in [-0.39, 0.29) is 0 Å². The molecule has 0 saturated heterocycles. The van der Waals surface area contributed by atoms with Gasteiger partial charge in [0.2, 0.25) is 0 Å². The Morgan fingerprint density at radius 3 is 2.86 bits per heavy atom. The molecular formula is C11H14N2S. The lowest BCUT2D eigenvalue weighted by Crippen LogP contribution is -2.28. The van der Waals surface area contributed by atoms with E-state index in [2.05, 4.69) is 17.2 Å². The molecule has 0 aliphatic heterocycles. The summed E-state index contributed by atoms with van der Waals surface area (Å²) in [6.45, 7) is 6.33. The van der Waals surface area contributed by atoms with Gasteiger partial charge in [-0.2, -0.15) is 0 Å². The minimum Gasteiger partial charge on any atom is -0.359 e. The second-order valence-electron chi connectivity index (χ2n) is 2.94. The summed E-state index contributed by atoms with van der Waals surface area (Å²) >= 11 is 5.09. The molecule has 0 aliphatic carbocycles. The summed E-state index contributed by atoms with van der Waals surface area (Å²) in [6.07, 6.45) is 1.77. The van der Waals surface area contributed by atoms with Crippen LogP contribution < -0.4 is 10.6 Å². The summed E-state index contributed by atoms with van der Waals surface area (Å²) in [7, 11) is 0. The Labute approximate surface area is 90.0 Å². The van der Waals surface area contributed by atoms with Gasteiger partial charge in [0.15, 0.2) is 5.11 Å². The molecular weight excluding hydrogens is 192 g/mol. The van der Waals surface area contributed by atoms with Crippen LogP contribution in [-0.2, 0) is 0 Å². The second kappa shape index (κ2) is 5.40. The highest BCUT2D eigenvalue weighted by Gasteiger charge is 1.97. The molecule has 14 heavy (non-hydrogen) atoms. The molecule has 1 rings (SSSR count). The van der Waals surface area contributed by atoms with Crippen LogP contribution in [0.15, 0.2) is 36.9 Å². The molecule has 0 saturated carbocycles. The van der Waals surface area contributed by atoms with E-state index < -0.39 is 0 Å². The first-order valence-electron chi connectivity index (χ1n) is 4.45. The van der Waals surface area contributed by atoms with E-state index in [0.29, 0.717) is 11.7 Å². The molecule has 0 heterocycles. The number of thiocarbonyl (C=S) groups is 1. The Bertz CT molecular complexity index is 334. The molecule has 1 aromatic rings. The predicted molar refractivity (Wildman–Crippen MR) is 65.6 cm³/mol. The topological polar surface area (TPSA) is 24.1 Å².